The molecule has 0 fully saturated rings. The van der Waals surface area contributed by atoms with Crippen LogP contribution in [0.15, 0.2) is 12.3 Å². The van der Waals surface area contributed by atoms with Gasteiger partial charge in [-0.25, -0.2) is 4.37 Å². The van der Waals surface area contributed by atoms with Crippen molar-refractivity contribution in [2.75, 3.05) is 0 Å². The highest BCUT2D eigenvalue weighted by Crippen LogP contribution is 2.29. The van der Waals surface area contributed by atoms with Gasteiger partial charge in [0.15, 0.2) is 0 Å². The van der Waals surface area contributed by atoms with Crippen molar-refractivity contribution in [2.24, 2.45) is 5.92 Å². The van der Waals surface area contributed by atoms with E-state index >= 15 is 0 Å². The third-order valence-corrected chi connectivity index (χ3v) is 2.77. The molecule has 0 aromatic carbocycles. The van der Waals surface area contributed by atoms with Gasteiger partial charge in [-0.15, -0.1) is 0 Å². The normalized spacial score (nSPS) is 16.4. The molecule has 0 spiro atoms. The van der Waals surface area contributed by atoms with E-state index in [0.29, 0.717) is 5.92 Å². The highest BCUT2D eigenvalue weighted by atomic mass is 32.1. The SMILES string of the molecule is CC(C)CC(C)(O)c1ccns1. The van der Waals surface area contributed by atoms with Crippen molar-refractivity contribution < 1.29 is 5.11 Å². The Balaban J connectivity index is 2.72. The van der Waals surface area contributed by atoms with E-state index in [9.17, 15) is 5.11 Å². The third-order valence-electron chi connectivity index (χ3n) is 1.77. The summed E-state index contributed by atoms with van der Waals surface area (Å²) < 4.78 is 3.98. The fourth-order valence-electron chi connectivity index (χ4n) is 1.39. The first kappa shape index (κ1) is 9.68. The maximum absolute atomic E-state index is 10.0. The Morgan fingerprint density at radius 1 is 1.67 bits per heavy atom. The van der Waals surface area contributed by atoms with Gasteiger partial charge in [0.25, 0.3) is 0 Å². The average molecular weight is 185 g/mol. The van der Waals surface area contributed by atoms with E-state index in [4.69, 9.17) is 0 Å². The number of rotatable bonds is 3. The summed E-state index contributed by atoms with van der Waals surface area (Å²) in [5, 5.41) is 10.0. The molecule has 1 aromatic heterocycles. The smallest absolute Gasteiger partial charge is 0.0978 e. The van der Waals surface area contributed by atoms with E-state index in [1.807, 2.05) is 13.0 Å². The molecule has 0 saturated carbocycles. The van der Waals surface area contributed by atoms with Gasteiger partial charge in [-0.05, 0) is 36.9 Å². The van der Waals surface area contributed by atoms with Crippen LogP contribution in [0.1, 0.15) is 32.1 Å². The second kappa shape index (κ2) is 3.54. The van der Waals surface area contributed by atoms with Gasteiger partial charge in [-0.1, -0.05) is 13.8 Å². The Kier molecular flexibility index (Phi) is 2.85. The van der Waals surface area contributed by atoms with Crippen LogP contribution in [0.3, 0.4) is 0 Å². The number of hydrogen-bond acceptors (Lipinski definition) is 3. The molecule has 1 unspecified atom stereocenters. The van der Waals surface area contributed by atoms with Gasteiger partial charge >= 0.3 is 0 Å². The van der Waals surface area contributed by atoms with Crippen LogP contribution < -0.4 is 0 Å². The molecule has 3 heteroatoms. The molecule has 1 atom stereocenters. The predicted octanol–water partition coefficient (Wildman–Crippen LogP) is 2.40. The van der Waals surface area contributed by atoms with Gasteiger partial charge in [-0.3, -0.25) is 0 Å². The molecule has 12 heavy (non-hydrogen) atoms. The molecule has 0 amide bonds. The first-order valence-corrected chi connectivity index (χ1v) is 4.93. The minimum atomic E-state index is -0.699. The van der Waals surface area contributed by atoms with E-state index < -0.39 is 5.60 Å². The lowest BCUT2D eigenvalue weighted by Gasteiger charge is -2.23. The Morgan fingerprint density at radius 3 is 2.75 bits per heavy atom. The summed E-state index contributed by atoms with van der Waals surface area (Å²) in [6, 6.07) is 1.88. The van der Waals surface area contributed by atoms with Crippen LogP contribution in [0, 0.1) is 5.92 Å². The monoisotopic (exact) mass is 185 g/mol. The quantitative estimate of drug-likeness (QED) is 0.784. The van der Waals surface area contributed by atoms with Crippen molar-refractivity contribution in [2.45, 2.75) is 32.8 Å². The molecular formula is C9H15NOS. The molecule has 0 radical (unpaired) electrons. The van der Waals surface area contributed by atoms with Crippen molar-refractivity contribution in [3.63, 3.8) is 0 Å². The van der Waals surface area contributed by atoms with Crippen LogP contribution in [0.5, 0.6) is 0 Å². The van der Waals surface area contributed by atoms with E-state index in [0.717, 1.165) is 11.3 Å². The van der Waals surface area contributed by atoms with E-state index in [1.54, 1.807) is 6.20 Å². The van der Waals surface area contributed by atoms with Crippen molar-refractivity contribution in [3.05, 3.63) is 17.1 Å². The summed E-state index contributed by atoms with van der Waals surface area (Å²) in [6.07, 6.45) is 2.52. The van der Waals surface area contributed by atoms with Gasteiger partial charge in [0.05, 0.1) is 10.5 Å². The van der Waals surface area contributed by atoms with Crippen LogP contribution in [0.4, 0.5) is 0 Å². The van der Waals surface area contributed by atoms with Gasteiger partial charge in [-0.2, -0.15) is 0 Å². The highest BCUT2D eigenvalue weighted by Gasteiger charge is 2.25. The van der Waals surface area contributed by atoms with Crippen molar-refractivity contribution >= 4 is 11.5 Å². The van der Waals surface area contributed by atoms with E-state index in [2.05, 4.69) is 18.2 Å². The lowest BCUT2D eigenvalue weighted by Crippen LogP contribution is -2.21. The highest BCUT2D eigenvalue weighted by molar-refractivity contribution is 7.05. The fraction of sp³-hybridized carbons (Fsp3) is 0.667. The van der Waals surface area contributed by atoms with Gasteiger partial charge in [0, 0.05) is 6.20 Å². The number of nitrogens with zero attached hydrogens (tertiary/aromatic N) is 1. The summed E-state index contributed by atoms with van der Waals surface area (Å²) >= 11 is 1.37. The lowest BCUT2D eigenvalue weighted by atomic mass is 9.93. The largest absolute Gasteiger partial charge is 0.385 e. The van der Waals surface area contributed by atoms with Crippen molar-refractivity contribution in [1.29, 1.82) is 0 Å². The molecule has 0 saturated heterocycles. The standard InChI is InChI=1S/C9H15NOS/c1-7(2)6-9(3,11)8-4-5-10-12-8/h4-5,7,11H,6H2,1-3H3. The van der Waals surface area contributed by atoms with Crippen molar-refractivity contribution in [1.82, 2.24) is 4.37 Å². The van der Waals surface area contributed by atoms with Crippen molar-refractivity contribution in [3.8, 4) is 0 Å². The number of aliphatic hydroxyl groups is 1. The predicted molar refractivity (Wildman–Crippen MR) is 51.1 cm³/mol. The van der Waals surface area contributed by atoms with E-state index in [1.165, 1.54) is 11.5 Å². The molecule has 0 bridgehead atoms. The molecule has 1 heterocycles. The maximum Gasteiger partial charge on any atom is 0.0978 e. The Labute approximate surface area is 77.4 Å². The van der Waals surface area contributed by atoms with Gasteiger partial charge in [0.1, 0.15) is 0 Å². The first-order chi connectivity index (χ1) is 5.52. The zero-order chi connectivity index (χ0) is 9.19. The van der Waals surface area contributed by atoms with E-state index in [-0.39, 0.29) is 0 Å². The zero-order valence-electron chi connectivity index (χ0n) is 7.74. The summed E-state index contributed by atoms with van der Waals surface area (Å²) in [7, 11) is 0. The lowest BCUT2D eigenvalue weighted by molar-refractivity contribution is 0.0385. The summed E-state index contributed by atoms with van der Waals surface area (Å²) in [5.74, 6) is 0.502. The molecule has 2 nitrogen and oxygen atoms in total. The number of aromatic nitrogens is 1. The molecule has 68 valence electrons. The summed E-state index contributed by atoms with van der Waals surface area (Å²) in [6.45, 7) is 6.06. The Morgan fingerprint density at radius 2 is 2.33 bits per heavy atom. The third kappa shape index (κ3) is 2.29. The average Bonchev–Trinajstić information content (AvgIpc) is 2.32. The second-order valence-corrected chi connectivity index (χ2v) is 4.58. The zero-order valence-corrected chi connectivity index (χ0v) is 8.56. The van der Waals surface area contributed by atoms with Gasteiger partial charge in [0.2, 0.25) is 0 Å². The summed E-state index contributed by atoms with van der Waals surface area (Å²) in [4.78, 5) is 0.955. The first-order valence-electron chi connectivity index (χ1n) is 4.16. The van der Waals surface area contributed by atoms with Crippen LogP contribution in [0.2, 0.25) is 0 Å². The molecule has 1 rings (SSSR count). The molecule has 1 N–H and O–H groups in total. The van der Waals surface area contributed by atoms with Crippen LogP contribution >= 0.6 is 11.5 Å². The minimum Gasteiger partial charge on any atom is -0.385 e. The maximum atomic E-state index is 10.0. The number of hydrogen-bond donors (Lipinski definition) is 1. The summed E-state index contributed by atoms with van der Waals surface area (Å²) in [5.41, 5.74) is -0.699. The van der Waals surface area contributed by atoms with Crippen LogP contribution in [-0.4, -0.2) is 9.48 Å². The fourth-order valence-corrected chi connectivity index (χ4v) is 2.03. The van der Waals surface area contributed by atoms with Gasteiger partial charge < -0.3 is 5.11 Å². The second-order valence-electron chi connectivity index (χ2n) is 3.75. The van der Waals surface area contributed by atoms with Crippen LogP contribution in [-0.2, 0) is 5.60 Å². The molecule has 1 aromatic rings. The minimum absolute atomic E-state index is 0.502. The topological polar surface area (TPSA) is 33.1 Å². The molecule has 0 aliphatic heterocycles. The molecular weight excluding hydrogens is 170 g/mol. The van der Waals surface area contributed by atoms with Crippen LogP contribution in [0.25, 0.3) is 0 Å². The molecule has 0 aliphatic rings. The Bertz CT molecular complexity index is 229. The molecule has 0 aliphatic carbocycles. The Hall–Kier alpha value is -0.410.